The zero-order valence-electron chi connectivity index (χ0n) is 16.4. The first kappa shape index (κ1) is 24.1. The molecular formula is C19H25BrClN3O3S2. The molecule has 0 unspecified atom stereocenters. The van der Waals surface area contributed by atoms with Gasteiger partial charge in [0, 0.05) is 41.3 Å². The van der Waals surface area contributed by atoms with E-state index < -0.39 is 10.0 Å². The monoisotopic (exact) mass is 521 g/mol. The van der Waals surface area contributed by atoms with Crippen LogP contribution in [0.2, 0.25) is 0 Å². The van der Waals surface area contributed by atoms with Crippen molar-refractivity contribution in [2.24, 2.45) is 0 Å². The summed E-state index contributed by atoms with van der Waals surface area (Å²) in [7, 11) is -3.33. The smallest absolute Gasteiger partial charge is 0.251 e. The number of sulfonamides is 1. The Bertz CT molecular complexity index is 964. The lowest BCUT2D eigenvalue weighted by atomic mass is 9.96. The number of nitrogens with one attached hydrogen (secondary N) is 2. The molecule has 2 atom stereocenters. The van der Waals surface area contributed by atoms with Crippen molar-refractivity contribution >= 4 is 61.3 Å². The van der Waals surface area contributed by atoms with Crippen LogP contribution in [-0.2, 0) is 16.4 Å². The Morgan fingerprint density at radius 2 is 1.93 bits per heavy atom. The first-order chi connectivity index (χ1) is 13.1. The first-order valence-corrected chi connectivity index (χ1v) is 12.5. The predicted octanol–water partition coefficient (Wildman–Crippen LogP) is 4.04. The summed E-state index contributed by atoms with van der Waals surface area (Å²) < 4.78 is 26.0. The van der Waals surface area contributed by atoms with Crippen LogP contribution in [0.15, 0.2) is 34.1 Å². The quantitative estimate of drug-likeness (QED) is 0.600. The summed E-state index contributed by atoms with van der Waals surface area (Å²) in [6.45, 7) is 5.76. The molecule has 2 N–H and O–H groups in total. The minimum atomic E-state index is -3.33. The highest BCUT2D eigenvalue weighted by molar-refractivity contribution is 9.11. The van der Waals surface area contributed by atoms with Crippen molar-refractivity contribution in [3.63, 3.8) is 0 Å². The van der Waals surface area contributed by atoms with Gasteiger partial charge in [0.25, 0.3) is 5.91 Å². The van der Waals surface area contributed by atoms with E-state index in [0.717, 1.165) is 19.2 Å². The third-order valence-corrected chi connectivity index (χ3v) is 7.19. The molecule has 1 amide bonds. The van der Waals surface area contributed by atoms with E-state index in [1.54, 1.807) is 24.3 Å². The summed E-state index contributed by atoms with van der Waals surface area (Å²) in [6, 6.07) is 9.34. The number of halogens is 2. The van der Waals surface area contributed by atoms with Crippen molar-refractivity contribution in [3.05, 3.63) is 50.1 Å². The van der Waals surface area contributed by atoms with Crippen LogP contribution >= 0.6 is 39.7 Å². The molecule has 0 spiro atoms. The van der Waals surface area contributed by atoms with Gasteiger partial charge in [-0.15, -0.1) is 23.7 Å². The number of thiophene rings is 1. The van der Waals surface area contributed by atoms with Crippen LogP contribution in [0.5, 0.6) is 0 Å². The van der Waals surface area contributed by atoms with E-state index in [2.05, 4.69) is 50.8 Å². The molecule has 1 aromatic heterocycles. The fraction of sp³-hybridized carbons (Fsp3) is 0.421. The van der Waals surface area contributed by atoms with Crippen LogP contribution in [0.1, 0.15) is 40.7 Å². The maximum Gasteiger partial charge on any atom is 0.251 e. The molecule has 0 saturated heterocycles. The number of nitrogens with zero attached hydrogens (tertiary/aromatic N) is 1. The second kappa shape index (κ2) is 9.78. The van der Waals surface area contributed by atoms with E-state index >= 15 is 0 Å². The Labute approximate surface area is 190 Å². The molecule has 2 heterocycles. The largest absolute Gasteiger partial charge is 0.351 e. The highest BCUT2D eigenvalue weighted by Gasteiger charge is 2.30. The summed E-state index contributed by atoms with van der Waals surface area (Å²) >= 11 is 5.39. The molecular weight excluding hydrogens is 498 g/mol. The average molecular weight is 523 g/mol. The highest BCUT2D eigenvalue weighted by atomic mass is 79.9. The van der Waals surface area contributed by atoms with Gasteiger partial charge in [-0.3, -0.25) is 14.4 Å². The van der Waals surface area contributed by atoms with Gasteiger partial charge >= 0.3 is 0 Å². The standard InChI is InChI=1S/C19H24BrN3O3S2.ClH/c1-12-10-17-16(11-18(20)27-17)13(2)23(12)9-8-21-19(24)14-4-6-15(7-5-14)22-28(3,25)26;/h4-7,11-13,22H,8-10H2,1-3H3,(H,21,24);1H/t12-,13+;/m1./s1. The number of benzene rings is 1. The van der Waals surface area contributed by atoms with Gasteiger partial charge in [-0.1, -0.05) is 0 Å². The van der Waals surface area contributed by atoms with E-state index in [0.29, 0.717) is 29.9 Å². The van der Waals surface area contributed by atoms with Crippen LogP contribution in [0.3, 0.4) is 0 Å². The van der Waals surface area contributed by atoms with E-state index in [9.17, 15) is 13.2 Å². The molecule has 3 rings (SSSR count). The molecule has 2 aromatic rings. The predicted molar refractivity (Wildman–Crippen MR) is 125 cm³/mol. The normalized spacial score (nSPS) is 19.2. The lowest BCUT2D eigenvalue weighted by Crippen LogP contribution is -2.44. The fourth-order valence-corrected chi connectivity index (χ4v) is 6.08. The summed E-state index contributed by atoms with van der Waals surface area (Å²) in [5.41, 5.74) is 2.31. The number of fused-ring (bicyclic) bond motifs is 1. The van der Waals surface area contributed by atoms with E-state index in [1.807, 2.05) is 11.3 Å². The molecule has 1 aliphatic rings. The Kier molecular flexibility index (Phi) is 8.15. The lowest BCUT2D eigenvalue weighted by Gasteiger charge is -2.39. The maximum absolute atomic E-state index is 12.4. The van der Waals surface area contributed by atoms with Crippen molar-refractivity contribution in [1.29, 1.82) is 0 Å². The molecule has 0 radical (unpaired) electrons. The third-order valence-electron chi connectivity index (χ3n) is 4.91. The molecule has 29 heavy (non-hydrogen) atoms. The molecule has 160 valence electrons. The average Bonchev–Trinajstić information content (AvgIpc) is 2.97. The zero-order valence-corrected chi connectivity index (χ0v) is 20.5. The van der Waals surface area contributed by atoms with Crippen molar-refractivity contribution in [2.45, 2.75) is 32.4 Å². The second-order valence-corrected chi connectivity index (χ2v) is 11.4. The van der Waals surface area contributed by atoms with Gasteiger partial charge in [0.15, 0.2) is 0 Å². The van der Waals surface area contributed by atoms with Gasteiger partial charge < -0.3 is 5.32 Å². The van der Waals surface area contributed by atoms with E-state index in [-0.39, 0.29) is 18.3 Å². The Morgan fingerprint density at radius 3 is 2.55 bits per heavy atom. The summed E-state index contributed by atoms with van der Waals surface area (Å²) in [5.74, 6) is -0.165. The maximum atomic E-state index is 12.4. The molecule has 0 fully saturated rings. The Balaban J connectivity index is 0.00000300. The number of hydrogen-bond acceptors (Lipinski definition) is 5. The van der Waals surface area contributed by atoms with Gasteiger partial charge in [-0.05, 0) is 72.1 Å². The number of rotatable bonds is 6. The van der Waals surface area contributed by atoms with Crippen molar-refractivity contribution in [3.8, 4) is 0 Å². The van der Waals surface area contributed by atoms with E-state index in [1.165, 1.54) is 14.2 Å². The van der Waals surface area contributed by atoms with Gasteiger partial charge in [-0.25, -0.2) is 8.42 Å². The minimum Gasteiger partial charge on any atom is -0.351 e. The summed E-state index contributed by atoms with van der Waals surface area (Å²) in [4.78, 5) is 16.2. The molecule has 0 saturated carbocycles. The van der Waals surface area contributed by atoms with Crippen molar-refractivity contribution in [1.82, 2.24) is 10.2 Å². The lowest BCUT2D eigenvalue weighted by molar-refractivity contribution is 0.0929. The highest BCUT2D eigenvalue weighted by Crippen LogP contribution is 2.39. The van der Waals surface area contributed by atoms with Crippen molar-refractivity contribution in [2.75, 3.05) is 24.1 Å². The first-order valence-electron chi connectivity index (χ1n) is 9.04. The van der Waals surface area contributed by atoms with Crippen LogP contribution in [0, 0.1) is 0 Å². The number of carbonyl (C=O) groups is 1. The molecule has 1 aliphatic heterocycles. The third kappa shape index (κ3) is 6.18. The minimum absolute atomic E-state index is 0. The van der Waals surface area contributed by atoms with Gasteiger partial charge in [-0.2, -0.15) is 0 Å². The summed E-state index contributed by atoms with van der Waals surface area (Å²) in [5, 5.41) is 2.96. The van der Waals surface area contributed by atoms with Gasteiger partial charge in [0.2, 0.25) is 10.0 Å². The molecule has 6 nitrogen and oxygen atoms in total. The topological polar surface area (TPSA) is 78.5 Å². The van der Waals surface area contributed by atoms with Gasteiger partial charge in [0.05, 0.1) is 10.0 Å². The zero-order chi connectivity index (χ0) is 20.5. The van der Waals surface area contributed by atoms with Crippen molar-refractivity contribution < 1.29 is 13.2 Å². The number of carbonyl (C=O) groups excluding carboxylic acids is 1. The van der Waals surface area contributed by atoms with Gasteiger partial charge in [0.1, 0.15) is 0 Å². The SMILES string of the molecule is C[C@@H]1Cc2sc(Br)cc2[C@H](C)N1CCNC(=O)c1ccc(NS(C)(=O)=O)cc1.Cl. The van der Waals surface area contributed by atoms with Crippen LogP contribution < -0.4 is 10.0 Å². The summed E-state index contributed by atoms with van der Waals surface area (Å²) in [6.07, 6.45) is 2.12. The van der Waals surface area contributed by atoms with E-state index in [4.69, 9.17) is 0 Å². The van der Waals surface area contributed by atoms with Crippen LogP contribution in [0.25, 0.3) is 0 Å². The second-order valence-electron chi connectivity index (χ2n) is 7.10. The van der Waals surface area contributed by atoms with Crippen LogP contribution in [-0.4, -0.2) is 44.6 Å². The number of amides is 1. The molecule has 0 bridgehead atoms. The number of anilines is 1. The molecule has 1 aromatic carbocycles. The number of hydrogen-bond donors (Lipinski definition) is 2. The molecule has 10 heteroatoms. The molecule has 0 aliphatic carbocycles. The Hall–Kier alpha value is -1.13. The van der Waals surface area contributed by atoms with Crippen LogP contribution in [0.4, 0.5) is 5.69 Å². The Morgan fingerprint density at radius 1 is 1.28 bits per heavy atom. The fourth-order valence-electron chi connectivity index (χ4n) is 3.59.